The highest BCUT2D eigenvalue weighted by atomic mass is 19.1. The maximum absolute atomic E-state index is 12.9. The van der Waals surface area contributed by atoms with Crippen molar-refractivity contribution in [1.82, 2.24) is 0 Å². The summed E-state index contributed by atoms with van der Waals surface area (Å²) in [6, 6.07) is 14.7. The van der Waals surface area contributed by atoms with E-state index in [4.69, 9.17) is 0 Å². The van der Waals surface area contributed by atoms with E-state index >= 15 is 0 Å². The molecule has 0 spiro atoms. The predicted molar refractivity (Wildman–Crippen MR) is 77.2 cm³/mol. The number of hydrogen-bond donors (Lipinski definition) is 2. The Morgan fingerprint density at radius 3 is 2.24 bits per heavy atom. The monoisotopic (exact) mass is 288 g/mol. The molecule has 0 saturated carbocycles. The quantitative estimate of drug-likeness (QED) is 0.858. The smallest absolute Gasteiger partial charge is 0.306 e. The number of aliphatic hydroxyl groups excluding tert-OH is 1. The number of carboxylic acid groups (broad SMARTS) is 1. The normalized spacial score (nSPS) is 13.6. The third-order valence-corrected chi connectivity index (χ3v) is 3.44. The Hall–Kier alpha value is -2.20. The second-order valence-electron chi connectivity index (χ2n) is 5.03. The minimum atomic E-state index is -0.964. The number of halogens is 1. The largest absolute Gasteiger partial charge is 0.481 e. The first-order chi connectivity index (χ1) is 10.1. The van der Waals surface area contributed by atoms with E-state index in [-0.39, 0.29) is 18.7 Å². The first-order valence-corrected chi connectivity index (χ1v) is 6.76. The van der Waals surface area contributed by atoms with Gasteiger partial charge in [0.15, 0.2) is 0 Å². The van der Waals surface area contributed by atoms with Crippen molar-refractivity contribution >= 4 is 5.97 Å². The molecule has 2 aromatic rings. The Labute approximate surface area is 122 Å². The summed E-state index contributed by atoms with van der Waals surface area (Å²) in [5.41, 5.74) is 1.44. The number of aliphatic hydroxyl groups is 1. The zero-order valence-corrected chi connectivity index (χ0v) is 11.4. The first kappa shape index (κ1) is 15.2. The highest BCUT2D eigenvalue weighted by Crippen LogP contribution is 2.24. The summed E-state index contributed by atoms with van der Waals surface area (Å²) >= 11 is 0. The van der Waals surface area contributed by atoms with Gasteiger partial charge in [0.05, 0.1) is 12.0 Å². The number of carbonyl (C=O) groups is 1. The number of hydrogen-bond acceptors (Lipinski definition) is 2. The lowest BCUT2D eigenvalue weighted by atomic mass is 9.91. The molecule has 0 heterocycles. The summed E-state index contributed by atoms with van der Waals surface area (Å²) in [4.78, 5) is 11.4. The van der Waals surface area contributed by atoms with Crippen LogP contribution in [0.5, 0.6) is 0 Å². The fraction of sp³-hybridized carbons (Fsp3) is 0.235. The van der Waals surface area contributed by atoms with Crippen molar-refractivity contribution < 1.29 is 19.4 Å². The van der Waals surface area contributed by atoms with Crippen LogP contribution in [-0.2, 0) is 11.2 Å². The van der Waals surface area contributed by atoms with Gasteiger partial charge in [0, 0.05) is 0 Å². The van der Waals surface area contributed by atoms with Crippen LogP contribution in [0.3, 0.4) is 0 Å². The number of benzene rings is 2. The van der Waals surface area contributed by atoms with E-state index in [1.54, 1.807) is 36.4 Å². The molecule has 0 aliphatic carbocycles. The second-order valence-corrected chi connectivity index (χ2v) is 5.03. The fourth-order valence-electron chi connectivity index (χ4n) is 2.26. The molecule has 4 heteroatoms. The molecule has 0 radical (unpaired) electrons. The standard InChI is InChI=1S/C17H17FO3/c18-15-8-6-12(7-9-15)10-14(17(20)21)11-16(19)13-4-2-1-3-5-13/h1-9,14,16,19H,10-11H2,(H,20,21). The average Bonchev–Trinajstić information content (AvgIpc) is 2.49. The topological polar surface area (TPSA) is 57.5 Å². The van der Waals surface area contributed by atoms with Crippen molar-refractivity contribution in [3.63, 3.8) is 0 Å². The molecule has 0 aliphatic rings. The Balaban J connectivity index is 2.05. The van der Waals surface area contributed by atoms with Gasteiger partial charge in [-0.25, -0.2) is 4.39 Å². The van der Waals surface area contributed by atoms with Crippen LogP contribution in [0, 0.1) is 11.7 Å². The van der Waals surface area contributed by atoms with Crippen LogP contribution in [0.15, 0.2) is 54.6 Å². The van der Waals surface area contributed by atoms with Crippen LogP contribution < -0.4 is 0 Å². The molecule has 21 heavy (non-hydrogen) atoms. The van der Waals surface area contributed by atoms with Gasteiger partial charge in [-0.3, -0.25) is 4.79 Å². The molecule has 0 fully saturated rings. The van der Waals surface area contributed by atoms with E-state index in [0.29, 0.717) is 5.56 Å². The molecule has 0 aromatic heterocycles. The lowest BCUT2D eigenvalue weighted by Gasteiger charge is -2.17. The molecular formula is C17H17FO3. The third kappa shape index (κ3) is 4.39. The zero-order valence-electron chi connectivity index (χ0n) is 11.4. The van der Waals surface area contributed by atoms with Crippen LogP contribution in [-0.4, -0.2) is 16.2 Å². The summed E-state index contributed by atoms with van der Waals surface area (Å²) in [7, 11) is 0. The van der Waals surface area contributed by atoms with E-state index in [1.807, 2.05) is 6.07 Å². The third-order valence-electron chi connectivity index (χ3n) is 3.44. The minimum Gasteiger partial charge on any atom is -0.481 e. The molecular weight excluding hydrogens is 271 g/mol. The lowest BCUT2D eigenvalue weighted by molar-refractivity contribution is -0.142. The first-order valence-electron chi connectivity index (χ1n) is 6.76. The van der Waals surface area contributed by atoms with E-state index in [9.17, 15) is 19.4 Å². The predicted octanol–water partition coefficient (Wildman–Crippen LogP) is 3.19. The maximum Gasteiger partial charge on any atom is 0.306 e. The van der Waals surface area contributed by atoms with Crippen molar-refractivity contribution in [1.29, 1.82) is 0 Å². The Kier molecular flexibility index (Phi) is 5.06. The summed E-state index contributed by atoms with van der Waals surface area (Å²) < 4.78 is 12.9. The fourth-order valence-corrected chi connectivity index (χ4v) is 2.26. The van der Waals surface area contributed by atoms with Gasteiger partial charge in [0.25, 0.3) is 0 Å². The van der Waals surface area contributed by atoms with Crippen molar-refractivity contribution in [3.05, 3.63) is 71.5 Å². The number of rotatable bonds is 6. The highest BCUT2D eigenvalue weighted by molar-refractivity contribution is 5.70. The Morgan fingerprint density at radius 2 is 1.67 bits per heavy atom. The van der Waals surface area contributed by atoms with Crippen molar-refractivity contribution in [3.8, 4) is 0 Å². The summed E-state index contributed by atoms with van der Waals surface area (Å²) in [5.74, 6) is -2.03. The van der Waals surface area contributed by atoms with E-state index < -0.39 is 18.0 Å². The molecule has 0 amide bonds. The van der Waals surface area contributed by atoms with Gasteiger partial charge in [-0.05, 0) is 36.1 Å². The van der Waals surface area contributed by atoms with E-state index in [2.05, 4.69) is 0 Å². The van der Waals surface area contributed by atoms with Crippen molar-refractivity contribution in [2.75, 3.05) is 0 Å². The zero-order chi connectivity index (χ0) is 15.2. The highest BCUT2D eigenvalue weighted by Gasteiger charge is 2.22. The lowest BCUT2D eigenvalue weighted by Crippen LogP contribution is -2.19. The summed E-state index contributed by atoms with van der Waals surface area (Å²) in [6.07, 6.45) is -0.441. The molecule has 2 atom stereocenters. The molecule has 0 aliphatic heterocycles. The van der Waals surface area contributed by atoms with Crippen molar-refractivity contribution in [2.45, 2.75) is 18.9 Å². The van der Waals surface area contributed by atoms with Gasteiger partial charge in [0.1, 0.15) is 5.82 Å². The minimum absolute atomic E-state index is 0.122. The Bertz CT molecular complexity index is 581. The molecule has 2 rings (SSSR count). The van der Waals surface area contributed by atoms with Crippen LogP contribution in [0.1, 0.15) is 23.7 Å². The molecule has 110 valence electrons. The molecule has 2 N–H and O–H groups in total. The van der Waals surface area contributed by atoms with Gasteiger partial charge < -0.3 is 10.2 Å². The van der Waals surface area contributed by atoms with E-state index in [0.717, 1.165) is 5.56 Å². The average molecular weight is 288 g/mol. The van der Waals surface area contributed by atoms with Gasteiger partial charge >= 0.3 is 5.97 Å². The van der Waals surface area contributed by atoms with Gasteiger partial charge in [-0.15, -0.1) is 0 Å². The van der Waals surface area contributed by atoms with Crippen LogP contribution >= 0.6 is 0 Å². The molecule has 2 aromatic carbocycles. The maximum atomic E-state index is 12.9. The van der Waals surface area contributed by atoms with Crippen LogP contribution in [0.2, 0.25) is 0 Å². The van der Waals surface area contributed by atoms with Crippen molar-refractivity contribution in [2.24, 2.45) is 5.92 Å². The summed E-state index contributed by atoms with van der Waals surface area (Å²) in [6.45, 7) is 0. The van der Waals surface area contributed by atoms with Crippen LogP contribution in [0.4, 0.5) is 4.39 Å². The molecule has 3 nitrogen and oxygen atoms in total. The molecule has 0 saturated heterocycles. The Morgan fingerprint density at radius 1 is 1.05 bits per heavy atom. The summed E-state index contributed by atoms with van der Waals surface area (Å²) in [5, 5.41) is 19.4. The van der Waals surface area contributed by atoms with Gasteiger partial charge in [-0.2, -0.15) is 0 Å². The number of carboxylic acids is 1. The van der Waals surface area contributed by atoms with Gasteiger partial charge in [0.2, 0.25) is 0 Å². The number of aliphatic carboxylic acids is 1. The second kappa shape index (κ2) is 6.99. The van der Waals surface area contributed by atoms with E-state index in [1.165, 1.54) is 12.1 Å². The van der Waals surface area contributed by atoms with Gasteiger partial charge in [-0.1, -0.05) is 42.5 Å². The van der Waals surface area contributed by atoms with Crippen LogP contribution in [0.25, 0.3) is 0 Å². The molecule has 2 unspecified atom stereocenters. The molecule has 0 bridgehead atoms. The SMILES string of the molecule is O=C(O)C(Cc1ccc(F)cc1)CC(O)c1ccccc1.